The molecule has 0 unspecified atom stereocenters. The van der Waals surface area contributed by atoms with Crippen LogP contribution in [-0.4, -0.2) is 0 Å². The second-order valence-corrected chi connectivity index (χ2v) is 4.79. The summed E-state index contributed by atoms with van der Waals surface area (Å²) in [5.41, 5.74) is 2.97. The Morgan fingerprint density at radius 3 is 1.14 bits per heavy atom. The fourth-order valence-corrected chi connectivity index (χ4v) is 1.92. The van der Waals surface area contributed by atoms with E-state index in [1.165, 1.54) is 49.7 Å². The van der Waals surface area contributed by atoms with E-state index in [-0.39, 0.29) is 46.5 Å². The Balaban J connectivity index is -0.000000270. The zero-order valence-corrected chi connectivity index (χ0v) is 16.2. The largest absolute Gasteiger partial charge is 4.00 e. The first kappa shape index (κ1) is 25.9. The maximum Gasteiger partial charge on any atom is 4.00 e. The minimum absolute atomic E-state index is 0. The van der Waals surface area contributed by atoms with Crippen LogP contribution in [-0.2, 0) is 34.6 Å². The molecule has 0 fully saturated rings. The van der Waals surface area contributed by atoms with Crippen LogP contribution in [0.5, 0.6) is 0 Å². The van der Waals surface area contributed by atoms with Crippen molar-refractivity contribution in [3.63, 3.8) is 0 Å². The summed E-state index contributed by atoms with van der Waals surface area (Å²) in [6, 6.07) is 17.2. The van der Waals surface area contributed by atoms with Crippen molar-refractivity contribution in [2.45, 2.75) is 52.4 Å². The van der Waals surface area contributed by atoms with E-state index in [9.17, 15) is 0 Å². The zero-order valence-electron chi connectivity index (χ0n) is 13.1. The molecule has 0 aliphatic heterocycles. The SMILES string of the molecule is CCCC[c-]1cccc1.CCCC[c-]1cccc1.[Cl-].[Cl-].[Ti+4]. The molecule has 0 atom stereocenters. The van der Waals surface area contributed by atoms with Gasteiger partial charge in [0.05, 0.1) is 0 Å². The summed E-state index contributed by atoms with van der Waals surface area (Å²) < 4.78 is 0. The van der Waals surface area contributed by atoms with Crippen molar-refractivity contribution in [2.75, 3.05) is 0 Å². The van der Waals surface area contributed by atoms with Crippen LogP contribution in [0.15, 0.2) is 48.5 Å². The molecule has 2 aromatic rings. The molecular formula is C18H26Cl2Ti. The van der Waals surface area contributed by atoms with Crippen LogP contribution in [0.25, 0.3) is 0 Å². The Morgan fingerprint density at radius 2 is 0.905 bits per heavy atom. The molecule has 0 N–H and O–H groups in total. The van der Waals surface area contributed by atoms with Crippen LogP contribution in [0.3, 0.4) is 0 Å². The average molecular weight is 361 g/mol. The van der Waals surface area contributed by atoms with Gasteiger partial charge in [-0.05, 0) is 0 Å². The molecular weight excluding hydrogens is 335 g/mol. The number of aryl methyl sites for hydroxylation is 2. The minimum atomic E-state index is 0. The van der Waals surface area contributed by atoms with Crippen molar-refractivity contribution in [1.82, 2.24) is 0 Å². The van der Waals surface area contributed by atoms with Crippen LogP contribution >= 0.6 is 0 Å². The summed E-state index contributed by atoms with van der Waals surface area (Å²) >= 11 is 0. The average Bonchev–Trinajstić information content (AvgIpc) is 3.07. The van der Waals surface area contributed by atoms with Gasteiger partial charge in [-0.2, -0.15) is 35.4 Å². The quantitative estimate of drug-likeness (QED) is 0.481. The van der Waals surface area contributed by atoms with Gasteiger partial charge in [-0.1, -0.05) is 52.4 Å². The number of rotatable bonds is 6. The van der Waals surface area contributed by atoms with E-state index in [1.807, 2.05) is 0 Å². The fraction of sp³-hybridized carbons (Fsp3) is 0.444. The Morgan fingerprint density at radius 1 is 0.619 bits per heavy atom. The van der Waals surface area contributed by atoms with Gasteiger partial charge in [0.25, 0.3) is 0 Å². The predicted octanol–water partition coefficient (Wildman–Crippen LogP) is -0.498. The van der Waals surface area contributed by atoms with E-state index in [0.29, 0.717) is 0 Å². The number of unbranched alkanes of at least 4 members (excludes halogenated alkanes) is 2. The topological polar surface area (TPSA) is 0 Å². The van der Waals surface area contributed by atoms with Gasteiger partial charge in [-0.25, -0.2) is 24.3 Å². The van der Waals surface area contributed by atoms with Crippen LogP contribution < -0.4 is 24.8 Å². The first-order valence-corrected chi connectivity index (χ1v) is 7.28. The maximum absolute atomic E-state index is 2.23. The number of hydrogen-bond acceptors (Lipinski definition) is 0. The number of hydrogen-bond donors (Lipinski definition) is 0. The van der Waals surface area contributed by atoms with E-state index >= 15 is 0 Å². The molecule has 0 aliphatic carbocycles. The molecule has 0 saturated heterocycles. The third-order valence-electron chi connectivity index (χ3n) is 3.10. The van der Waals surface area contributed by atoms with Gasteiger partial charge in [-0.3, -0.25) is 0 Å². The van der Waals surface area contributed by atoms with E-state index < -0.39 is 0 Å². The summed E-state index contributed by atoms with van der Waals surface area (Å²) in [5.74, 6) is 0. The monoisotopic (exact) mass is 360 g/mol. The molecule has 0 nitrogen and oxygen atoms in total. The normalized spacial score (nSPS) is 8.48. The first-order valence-electron chi connectivity index (χ1n) is 7.28. The Hall–Kier alpha value is -0.00571. The van der Waals surface area contributed by atoms with Crippen molar-refractivity contribution >= 4 is 0 Å². The Bertz CT molecular complexity index is 328. The van der Waals surface area contributed by atoms with Crippen LogP contribution in [0.1, 0.15) is 50.7 Å². The van der Waals surface area contributed by atoms with Gasteiger partial charge >= 0.3 is 21.7 Å². The molecule has 21 heavy (non-hydrogen) atoms. The van der Waals surface area contributed by atoms with Gasteiger partial charge in [0, 0.05) is 0 Å². The molecule has 116 valence electrons. The maximum atomic E-state index is 2.23. The van der Waals surface area contributed by atoms with Crippen molar-refractivity contribution in [2.24, 2.45) is 0 Å². The molecule has 0 radical (unpaired) electrons. The van der Waals surface area contributed by atoms with Gasteiger partial charge in [0.2, 0.25) is 0 Å². The smallest absolute Gasteiger partial charge is 1.00 e. The second-order valence-electron chi connectivity index (χ2n) is 4.79. The number of halogens is 2. The minimum Gasteiger partial charge on any atom is -1.00 e. The van der Waals surface area contributed by atoms with Crippen LogP contribution in [0.2, 0.25) is 0 Å². The zero-order chi connectivity index (χ0) is 13.1. The summed E-state index contributed by atoms with van der Waals surface area (Å²) in [5, 5.41) is 0. The Labute approximate surface area is 158 Å². The van der Waals surface area contributed by atoms with E-state index in [0.717, 1.165) is 0 Å². The fourth-order valence-electron chi connectivity index (χ4n) is 1.92. The molecule has 0 saturated carbocycles. The summed E-state index contributed by atoms with van der Waals surface area (Å²) in [6.45, 7) is 4.45. The van der Waals surface area contributed by atoms with Gasteiger partial charge in [0.15, 0.2) is 0 Å². The van der Waals surface area contributed by atoms with Crippen molar-refractivity contribution < 1.29 is 46.5 Å². The molecule has 3 heteroatoms. The molecule has 0 spiro atoms. The molecule has 2 rings (SSSR count). The standard InChI is InChI=1S/2C9H13.2ClH.Ti/c2*1-2-3-6-9-7-4-5-8-9;;;/h2*4-5,7-8H,2-3,6H2,1H3;2*1H;/q2*-1;;;+4/p-2. The predicted molar refractivity (Wildman–Crippen MR) is 81.3 cm³/mol. The van der Waals surface area contributed by atoms with Crippen LogP contribution in [0, 0.1) is 0 Å². The molecule has 2 aromatic carbocycles. The molecule has 0 amide bonds. The summed E-state index contributed by atoms with van der Waals surface area (Å²) in [6.07, 6.45) is 7.75. The molecule has 0 bridgehead atoms. The molecule has 0 heterocycles. The molecule has 0 aromatic heterocycles. The summed E-state index contributed by atoms with van der Waals surface area (Å²) in [7, 11) is 0. The van der Waals surface area contributed by atoms with Gasteiger partial charge in [0.1, 0.15) is 0 Å². The second kappa shape index (κ2) is 18.0. The summed E-state index contributed by atoms with van der Waals surface area (Å²) in [4.78, 5) is 0. The van der Waals surface area contributed by atoms with Crippen molar-refractivity contribution in [3.05, 3.63) is 59.7 Å². The van der Waals surface area contributed by atoms with Crippen LogP contribution in [0.4, 0.5) is 0 Å². The van der Waals surface area contributed by atoms with Gasteiger partial charge in [-0.15, -0.1) is 0 Å². The van der Waals surface area contributed by atoms with E-state index in [2.05, 4.69) is 62.4 Å². The first-order chi connectivity index (χ1) is 8.86. The third-order valence-corrected chi connectivity index (χ3v) is 3.10. The van der Waals surface area contributed by atoms with E-state index in [4.69, 9.17) is 0 Å². The van der Waals surface area contributed by atoms with Crippen molar-refractivity contribution in [1.29, 1.82) is 0 Å². The third kappa shape index (κ3) is 13.4. The van der Waals surface area contributed by atoms with E-state index in [1.54, 1.807) is 0 Å². The Kier molecular flexibility index (Phi) is 22.3. The molecule has 0 aliphatic rings. The van der Waals surface area contributed by atoms with Crippen molar-refractivity contribution in [3.8, 4) is 0 Å². The van der Waals surface area contributed by atoms with Gasteiger partial charge < -0.3 is 24.8 Å².